The standard InChI is InChI=1S/C18H25FN2O4.C2H6.ClH/c1-5-16(22)21-14-6-8-15(9-7-14)24-12-13(10-19)11-20-17(23)25-18(2,3)4;1-2;/h6-10H,5,11-12H2,1-4H3,(H,20,23)(H,21,22);1-2H3;1H/b13-10+;;. The van der Waals surface area contributed by atoms with E-state index in [0.29, 0.717) is 24.2 Å². The van der Waals surface area contributed by atoms with Crippen molar-refractivity contribution in [2.24, 2.45) is 0 Å². The Morgan fingerprint density at radius 1 is 1.14 bits per heavy atom. The maximum absolute atomic E-state index is 12.9. The topological polar surface area (TPSA) is 76.7 Å². The molecule has 0 aliphatic rings. The highest BCUT2D eigenvalue weighted by atomic mass is 35.5. The van der Waals surface area contributed by atoms with Gasteiger partial charge in [0.05, 0.1) is 6.33 Å². The fourth-order valence-corrected chi connectivity index (χ4v) is 1.68. The van der Waals surface area contributed by atoms with Gasteiger partial charge in [-0.15, -0.1) is 12.4 Å². The summed E-state index contributed by atoms with van der Waals surface area (Å²) in [4.78, 5) is 22.8. The van der Waals surface area contributed by atoms with Crippen LogP contribution >= 0.6 is 12.4 Å². The number of benzene rings is 1. The van der Waals surface area contributed by atoms with Crippen LogP contribution < -0.4 is 15.4 Å². The number of halogens is 2. The minimum absolute atomic E-state index is 0. The molecule has 1 aromatic carbocycles. The molecular formula is C20H32ClFN2O4. The van der Waals surface area contributed by atoms with Crippen LogP contribution in [0.15, 0.2) is 36.2 Å². The summed E-state index contributed by atoms with van der Waals surface area (Å²) < 4.78 is 23.5. The van der Waals surface area contributed by atoms with Crippen LogP contribution in [0.4, 0.5) is 14.9 Å². The lowest BCUT2D eigenvalue weighted by atomic mass is 10.2. The normalized spacial score (nSPS) is 10.6. The molecule has 0 fully saturated rings. The highest BCUT2D eigenvalue weighted by Gasteiger charge is 2.16. The Balaban J connectivity index is 0. The number of carbonyl (C=O) groups excluding carboxylic acids is 2. The third-order valence-electron chi connectivity index (χ3n) is 2.90. The smallest absolute Gasteiger partial charge is 0.407 e. The molecule has 0 atom stereocenters. The molecule has 2 amide bonds. The fourth-order valence-electron chi connectivity index (χ4n) is 1.68. The van der Waals surface area contributed by atoms with Gasteiger partial charge in [0.2, 0.25) is 5.91 Å². The molecule has 0 saturated heterocycles. The Kier molecular flexibility index (Phi) is 14.7. The third kappa shape index (κ3) is 13.0. The van der Waals surface area contributed by atoms with Crippen LogP contribution in [-0.4, -0.2) is 30.8 Å². The van der Waals surface area contributed by atoms with Crippen molar-refractivity contribution in [3.05, 3.63) is 36.2 Å². The van der Waals surface area contributed by atoms with Gasteiger partial charge in [0.1, 0.15) is 18.0 Å². The zero-order valence-corrected chi connectivity index (χ0v) is 18.2. The molecule has 0 aromatic heterocycles. The maximum atomic E-state index is 12.9. The molecule has 0 unspecified atom stereocenters. The summed E-state index contributed by atoms with van der Waals surface area (Å²) in [7, 11) is 0. The van der Waals surface area contributed by atoms with Crippen LogP contribution in [0, 0.1) is 0 Å². The van der Waals surface area contributed by atoms with Crippen molar-refractivity contribution in [3.63, 3.8) is 0 Å². The molecule has 1 rings (SSSR count). The quantitative estimate of drug-likeness (QED) is 0.634. The number of ether oxygens (including phenoxy) is 2. The largest absolute Gasteiger partial charge is 0.489 e. The first-order chi connectivity index (χ1) is 12.7. The summed E-state index contributed by atoms with van der Waals surface area (Å²) in [6.07, 6.45) is 0.170. The molecule has 0 radical (unpaired) electrons. The van der Waals surface area contributed by atoms with Crippen molar-refractivity contribution in [2.75, 3.05) is 18.5 Å². The molecule has 2 N–H and O–H groups in total. The Morgan fingerprint density at radius 2 is 1.71 bits per heavy atom. The molecule has 1 aromatic rings. The average molecular weight is 419 g/mol. The number of hydrogen-bond donors (Lipinski definition) is 2. The second kappa shape index (κ2) is 14.7. The summed E-state index contributed by atoms with van der Waals surface area (Å²) in [5.74, 6) is 0.440. The zero-order chi connectivity index (χ0) is 20.9. The molecule has 0 spiro atoms. The Hall–Kier alpha value is -2.28. The van der Waals surface area contributed by atoms with Gasteiger partial charge < -0.3 is 20.1 Å². The van der Waals surface area contributed by atoms with Crippen molar-refractivity contribution in [3.8, 4) is 5.75 Å². The number of anilines is 1. The van der Waals surface area contributed by atoms with E-state index in [9.17, 15) is 14.0 Å². The van der Waals surface area contributed by atoms with Crippen LogP contribution in [0.3, 0.4) is 0 Å². The minimum atomic E-state index is -0.622. The molecule has 6 nitrogen and oxygen atoms in total. The van der Waals surface area contributed by atoms with Crippen molar-refractivity contribution in [1.82, 2.24) is 5.32 Å². The molecule has 160 valence electrons. The molecule has 0 heterocycles. The summed E-state index contributed by atoms with van der Waals surface area (Å²) in [6, 6.07) is 6.73. The summed E-state index contributed by atoms with van der Waals surface area (Å²) in [5.41, 5.74) is 0.302. The van der Waals surface area contributed by atoms with Crippen LogP contribution in [0.25, 0.3) is 0 Å². The molecular weight excluding hydrogens is 387 g/mol. The Bertz CT molecular complexity index is 614. The van der Waals surface area contributed by atoms with Crippen LogP contribution in [0.5, 0.6) is 5.75 Å². The van der Waals surface area contributed by atoms with Gasteiger partial charge in [-0.2, -0.15) is 0 Å². The predicted molar refractivity (Wildman–Crippen MR) is 113 cm³/mol. The highest BCUT2D eigenvalue weighted by molar-refractivity contribution is 5.90. The van der Waals surface area contributed by atoms with Gasteiger partial charge in [-0.3, -0.25) is 4.79 Å². The SMILES string of the molecule is CC.CCC(=O)Nc1ccc(OC/C(=C/F)CNC(=O)OC(C)(C)C)cc1.Cl. The molecule has 0 aliphatic carbocycles. The van der Waals surface area contributed by atoms with E-state index in [4.69, 9.17) is 9.47 Å². The van der Waals surface area contributed by atoms with E-state index in [0.717, 1.165) is 0 Å². The molecule has 8 heteroatoms. The number of rotatable bonds is 7. The average Bonchev–Trinajstić information content (AvgIpc) is 2.63. The van der Waals surface area contributed by atoms with E-state index in [1.807, 2.05) is 13.8 Å². The van der Waals surface area contributed by atoms with Crippen molar-refractivity contribution in [2.45, 2.75) is 53.6 Å². The third-order valence-corrected chi connectivity index (χ3v) is 2.90. The molecule has 0 saturated carbocycles. The van der Waals surface area contributed by atoms with E-state index in [-0.39, 0.29) is 37.0 Å². The first kappa shape index (κ1) is 27.9. The summed E-state index contributed by atoms with van der Waals surface area (Å²) in [6.45, 7) is 11.0. The van der Waals surface area contributed by atoms with E-state index < -0.39 is 11.7 Å². The lowest BCUT2D eigenvalue weighted by Crippen LogP contribution is -2.34. The number of amides is 2. The van der Waals surface area contributed by atoms with E-state index in [1.54, 1.807) is 52.0 Å². The van der Waals surface area contributed by atoms with Crippen LogP contribution in [0.1, 0.15) is 48.0 Å². The molecule has 28 heavy (non-hydrogen) atoms. The van der Waals surface area contributed by atoms with Gasteiger partial charge in [-0.25, -0.2) is 9.18 Å². The number of nitrogens with one attached hydrogen (secondary N) is 2. The summed E-state index contributed by atoms with van der Waals surface area (Å²) in [5, 5.41) is 5.19. The molecule has 0 bridgehead atoms. The summed E-state index contributed by atoms with van der Waals surface area (Å²) >= 11 is 0. The van der Waals surface area contributed by atoms with E-state index in [2.05, 4.69) is 10.6 Å². The molecule has 0 aliphatic heterocycles. The van der Waals surface area contributed by atoms with Crippen molar-refractivity contribution in [1.29, 1.82) is 0 Å². The van der Waals surface area contributed by atoms with Crippen molar-refractivity contribution >= 4 is 30.1 Å². The van der Waals surface area contributed by atoms with Crippen LogP contribution in [-0.2, 0) is 9.53 Å². The second-order valence-corrected chi connectivity index (χ2v) is 6.34. The van der Waals surface area contributed by atoms with Gasteiger partial charge in [0.25, 0.3) is 0 Å². The number of hydrogen-bond acceptors (Lipinski definition) is 4. The lowest BCUT2D eigenvalue weighted by Gasteiger charge is -2.20. The Morgan fingerprint density at radius 3 is 2.18 bits per heavy atom. The fraction of sp³-hybridized carbons (Fsp3) is 0.500. The highest BCUT2D eigenvalue weighted by Crippen LogP contribution is 2.16. The van der Waals surface area contributed by atoms with Gasteiger partial charge >= 0.3 is 6.09 Å². The van der Waals surface area contributed by atoms with Gasteiger partial charge in [-0.05, 0) is 45.0 Å². The first-order valence-corrected chi connectivity index (χ1v) is 9.01. The van der Waals surface area contributed by atoms with Gasteiger partial charge in [0, 0.05) is 24.2 Å². The minimum Gasteiger partial charge on any atom is -0.489 e. The second-order valence-electron chi connectivity index (χ2n) is 6.34. The maximum Gasteiger partial charge on any atom is 0.407 e. The van der Waals surface area contributed by atoms with Gasteiger partial charge in [-0.1, -0.05) is 20.8 Å². The first-order valence-electron chi connectivity index (χ1n) is 9.01. The number of alkyl carbamates (subject to hydrolysis) is 1. The van der Waals surface area contributed by atoms with Gasteiger partial charge in [0.15, 0.2) is 0 Å². The van der Waals surface area contributed by atoms with E-state index in [1.165, 1.54) is 0 Å². The van der Waals surface area contributed by atoms with Crippen molar-refractivity contribution < 1.29 is 23.5 Å². The lowest BCUT2D eigenvalue weighted by molar-refractivity contribution is -0.115. The zero-order valence-electron chi connectivity index (χ0n) is 17.4. The van der Waals surface area contributed by atoms with E-state index >= 15 is 0 Å². The monoisotopic (exact) mass is 418 g/mol. The van der Waals surface area contributed by atoms with Crippen LogP contribution in [0.2, 0.25) is 0 Å². The number of carbonyl (C=O) groups is 2. The Labute approximate surface area is 173 Å². The predicted octanol–water partition coefficient (Wildman–Crippen LogP) is 5.24.